The normalized spacial score (nSPS) is 11.8. The van der Waals surface area contributed by atoms with Crippen LogP contribution in [0.15, 0.2) is 36.4 Å². The molecule has 0 bridgehead atoms. The maximum absolute atomic E-state index is 11.3. The summed E-state index contributed by atoms with van der Waals surface area (Å²) in [5.41, 5.74) is 0.946. The molecule has 118 valence electrons. The third-order valence-electron chi connectivity index (χ3n) is 4.00. The number of quaternary nitrogens is 1. The Morgan fingerprint density at radius 2 is 1.68 bits per heavy atom. The van der Waals surface area contributed by atoms with Gasteiger partial charge in [0.1, 0.15) is 19.6 Å². The minimum Gasteiger partial charge on any atom is -0.391 e. The number of fused-ring (bicyclic) bond motifs is 1. The molecule has 0 unspecified atom stereocenters. The van der Waals surface area contributed by atoms with Crippen molar-refractivity contribution in [2.75, 3.05) is 33.4 Å². The summed E-state index contributed by atoms with van der Waals surface area (Å²) in [6.45, 7) is 1.49. The van der Waals surface area contributed by atoms with Crippen molar-refractivity contribution in [2.24, 2.45) is 0 Å². The van der Waals surface area contributed by atoms with Crippen LogP contribution in [0.3, 0.4) is 0 Å². The summed E-state index contributed by atoms with van der Waals surface area (Å²) < 4.78 is 0.429. The van der Waals surface area contributed by atoms with Crippen molar-refractivity contribution in [1.82, 2.24) is 0 Å². The zero-order valence-corrected chi connectivity index (χ0v) is 12.6. The Morgan fingerprint density at radius 1 is 1.09 bits per heavy atom. The summed E-state index contributed by atoms with van der Waals surface area (Å²) in [6.07, 6.45) is 0. The molecule has 0 saturated heterocycles. The van der Waals surface area contributed by atoms with Crippen molar-refractivity contribution in [3.05, 3.63) is 52.1 Å². The summed E-state index contributed by atoms with van der Waals surface area (Å²) in [5.74, 6) is 0. The van der Waals surface area contributed by atoms with E-state index >= 15 is 0 Å². The van der Waals surface area contributed by atoms with Crippen molar-refractivity contribution >= 4 is 16.5 Å². The number of nitro groups is 1. The Morgan fingerprint density at radius 3 is 2.23 bits per heavy atom. The summed E-state index contributed by atoms with van der Waals surface area (Å²) in [4.78, 5) is 10.9. The van der Waals surface area contributed by atoms with Crippen molar-refractivity contribution in [1.29, 1.82) is 0 Å². The van der Waals surface area contributed by atoms with Crippen molar-refractivity contribution in [2.45, 2.75) is 6.54 Å². The molecule has 2 aromatic rings. The molecule has 0 atom stereocenters. The fraction of sp³-hybridized carbons (Fsp3) is 0.375. The molecule has 0 amide bonds. The smallest absolute Gasteiger partial charge is 0.277 e. The van der Waals surface area contributed by atoms with Gasteiger partial charge in [-0.3, -0.25) is 10.1 Å². The van der Waals surface area contributed by atoms with Crippen molar-refractivity contribution < 1.29 is 19.6 Å². The zero-order valence-electron chi connectivity index (χ0n) is 12.6. The molecule has 0 aliphatic heterocycles. The number of nitrogens with zero attached hydrogens (tertiary/aromatic N) is 2. The molecule has 0 radical (unpaired) electrons. The number of nitro benzene ring substituents is 1. The average Bonchev–Trinajstić information content (AvgIpc) is 2.47. The Hall–Kier alpha value is -2.02. The first-order valence-corrected chi connectivity index (χ1v) is 7.21. The Balaban J connectivity index is 2.53. The van der Waals surface area contributed by atoms with Gasteiger partial charge in [-0.25, -0.2) is 0 Å². The molecule has 6 nitrogen and oxygen atoms in total. The first-order chi connectivity index (χ1) is 10.5. The topological polar surface area (TPSA) is 83.6 Å². The quantitative estimate of drug-likeness (QED) is 0.463. The van der Waals surface area contributed by atoms with Crippen LogP contribution in [-0.4, -0.2) is 53.0 Å². The number of likely N-dealkylation sites (N-methyl/N-ethyl adjacent to an activating group) is 1. The maximum Gasteiger partial charge on any atom is 0.277 e. The number of hydrogen-bond acceptors (Lipinski definition) is 4. The highest BCUT2D eigenvalue weighted by atomic mass is 16.6. The zero-order chi connectivity index (χ0) is 16.2. The van der Waals surface area contributed by atoms with Gasteiger partial charge in [0, 0.05) is 11.6 Å². The van der Waals surface area contributed by atoms with E-state index in [0.29, 0.717) is 29.5 Å². The molecule has 0 aliphatic rings. The second-order valence-corrected chi connectivity index (χ2v) is 5.72. The summed E-state index contributed by atoms with van der Waals surface area (Å²) >= 11 is 0. The third kappa shape index (κ3) is 3.41. The van der Waals surface area contributed by atoms with Crippen molar-refractivity contribution in [3.8, 4) is 0 Å². The molecule has 0 heterocycles. The lowest BCUT2D eigenvalue weighted by molar-refractivity contribution is -0.923. The fourth-order valence-corrected chi connectivity index (χ4v) is 2.85. The standard InChI is InChI=1S/C16H21N2O4/c1-18(8-10-19,9-11-20)12-14-6-2-4-13-5-3-7-15(16(13)14)17(21)22/h2-7,19-20H,8-12H2,1H3/q+1. The number of rotatable bonds is 7. The van der Waals surface area contributed by atoms with Gasteiger partial charge in [-0.15, -0.1) is 0 Å². The van der Waals surface area contributed by atoms with Gasteiger partial charge in [-0.2, -0.15) is 0 Å². The van der Waals surface area contributed by atoms with E-state index in [-0.39, 0.29) is 23.8 Å². The minimum absolute atomic E-state index is 0.00333. The highest BCUT2D eigenvalue weighted by Crippen LogP contribution is 2.30. The number of aliphatic hydroxyl groups is 2. The van der Waals surface area contributed by atoms with Crippen LogP contribution in [0, 0.1) is 10.1 Å². The molecule has 0 spiro atoms. The molecule has 0 aliphatic carbocycles. The van der Waals surface area contributed by atoms with Crippen LogP contribution in [0.5, 0.6) is 0 Å². The molecule has 6 heteroatoms. The summed E-state index contributed by atoms with van der Waals surface area (Å²) in [6, 6.07) is 10.7. The Bertz CT molecular complexity index is 661. The van der Waals surface area contributed by atoms with Gasteiger partial charge in [-0.05, 0) is 5.39 Å². The molecule has 2 aromatic carbocycles. The van der Waals surface area contributed by atoms with E-state index in [2.05, 4.69) is 0 Å². The molecular formula is C16H21N2O4+. The maximum atomic E-state index is 11.3. The van der Waals surface area contributed by atoms with E-state index < -0.39 is 0 Å². The second-order valence-electron chi connectivity index (χ2n) is 5.72. The van der Waals surface area contributed by atoms with E-state index in [1.807, 2.05) is 31.3 Å². The Labute approximate surface area is 129 Å². The molecule has 0 aromatic heterocycles. The fourth-order valence-electron chi connectivity index (χ4n) is 2.85. The van der Waals surface area contributed by atoms with Crippen LogP contribution in [0.25, 0.3) is 10.8 Å². The van der Waals surface area contributed by atoms with Crippen LogP contribution in [0.4, 0.5) is 5.69 Å². The lowest BCUT2D eigenvalue weighted by atomic mass is 10.0. The summed E-state index contributed by atoms with van der Waals surface area (Å²) in [5, 5.41) is 31.3. The van der Waals surface area contributed by atoms with Gasteiger partial charge >= 0.3 is 0 Å². The van der Waals surface area contributed by atoms with E-state index in [1.54, 1.807) is 6.07 Å². The molecule has 0 saturated carbocycles. The highest BCUT2D eigenvalue weighted by molar-refractivity contribution is 5.93. The molecular weight excluding hydrogens is 284 g/mol. The van der Waals surface area contributed by atoms with Gasteiger partial charge in [0.25, 0.3) is 5.69 Å². The lowest BCUT2D eigenvalue weighted by Gasteiger charge is -2.33. The predicted molar refractivity (Wildman–Crippen MR) is 84.4 cm³/mol. The highest BCUT2D eigenvalue weighted by Gasteiger charge is 2.24. The SMILES string of the molecule is C[N+](CCO)(CCO)Cc1cccc2cccc([N+](=O)[O-])c12. The van der Waals surface area contributed by atoms with Crippen LogP contribution in [0.1, 0.15) is 5.56 Å². The minimum atomic E-state index is -0.367. The van der Waals surface area contributed by atoms with Crippen molar-refractivity contribution in [3.63, 3.8) is 0 Å². The summed E-state index contributed by atoms with van der Waals surface area (Å²) in [7, 11) is 1.93. The number of aliphatic hydroxyl groups excluding tert-OH is 2. The number of hydrogen-bond donors (Lipinski definition) is 2. The monoisotopic (exact) mass is 305 g/mol. The third-order valence-corrected chi connectivity index (χ3v) is 4.00. The molecule has 2 rings (SSSR count). The van der Waals surface area contributed by atoms with Gasteiger partial charge in [0.05, 0.1) is 30.6 Å². The van der Waals surface area contributed by atoms with Gasteiger partial charge in [0.15, 0.2) is 0 Å². The number of non-ortho nitro benzene ring substituents is 1. The first-order valence-electron chi connectivity index (χ1n) is 7.21. The lowest BCUT2D eigenvalue weighted by Crippen LogP contribution is -2.47. The van der Waals surface area contributed by atoms with E-state index in [0.717, 1.165) is 10.9 Å². The first kappa shape index (κ1) is 16.4. The van der Waals surface area contributed by atoms with Gasteiger partial charge in [-0.1, -0.05) is 30.3 Å². The van der Waals surface area contributed by atoms with Crippen LogP contribution >= 0.6 is 0 Å². The predicted octanol–water partition coefficient (Wildman–Crippen LogP) is 1.68. The van der Waals surface area contributed by atoms with Crippen LogP contribution < -0.4 is 0 Å². The van der Waals surface area contributed by atoms with E-state index in [9.17, 15) is 20.3 Å². The van der Waals surface area contributed by atoms with Gasteiger partial charge < -0.3 is 14.7 Å². The molecule has 22 heavy (non-hydrogen) atoms. The Kier molecular flexibility index (Phi) is 5.07. The van der Waals surface area contributed by atoms with E-state index in [1.165, 1.54) is 6.07 Å². The molecule has 0 fully saturated rings. The van der Waals surface area contributed by atoms with Gasteiger partial charge in [0.2, 0.25) is 0 Å². The average molecular weight is 305 g/mol. The molecule has 2 N–H and O–H groups in total. The van der Waals surface area contributed by atoms with Crippen LogP contribution in [0.2, 0.25) is 0 Å². The van der Waals surface area contributed by atoms with Crippen LogP contribution in [-0.2, 0) is 6.54 Å². The second kappa shape index (κ2) is 6.83. The van der Waals surface area contributed by atoms with E-state index in [4.69, 9.17) is 0 Å². The largest absolute Gasteiger partial charge is 0.391 e. The number of benzene rings is 2.